The third kappa shape index (κ3) is 2.35. The lowest BCUT2D eigenvalue weighted by atomic mass is 10.2. The van der Waals surface area contributed by atoms with E-state index in [1.807, 2.05) is 6.92 Å². The smallest absolute Gasteiger partial charge is 0.172 e. The molecule has 0 bridgehead atoms. The summed E-state index contributed by atoms with van der Waals surface area (Å²) in [5.74, 6) is 0.458. The number of aliphatic hydroxyl groups is 1. The van der Waals surface area contributed by atoms with E-state index in [4.69, 9.17) is 9.84 Å². The van der Waals surface area contributed by atoms with E-state index in [1.165, 1.54) is 0 Å². The van der Waals surface area contributed by atoms with Crippen molar-refractivity contribution in [2.45, 2.75) is 13.5 Å². The number of aromatic hydroxyl groups is 1. The molecule has 0 heterocycles. The lowest BCUT2D eigenvalue weighted by Crippen LogP contribution is -1.94. The van der Waals surface area contributed by atoms with E-state index in [0.717, 1.165) is 0 Å². The van der Waals surface area contributed by atoms with E-state index in [1.54, 1.807) is 12.1 Å². The van der Waals surface area contributed by atoms with Gasteiger partial charge in [-0.1, -0.05) is 0 Å². The molecule has 0 aliphatic rings. The maximum atomic E-state index is 9.50. The molecule has 2 N–H and O–H groups in total. The van der Waals surface area contributed by atoms with Gasteiger partial charge in [-0.15, -0.1) is 0 Å². The monoisotopic (exact) mass is 246 g/mol. The SMILES string of the molecule is CCOc1cc(CO)cc(Br)c1O. The molecule has 72 valence electrons. The first kappa shape index (κ1) is 10.3. The van der Waals surface area contributed by atoms with Gasteiger partial charge in [0.1, 0.15) is 0 Å². The highest BCUT2D eigenvalue weighted by Crippen LogP contribution is 2.35. The van der Waals surface area contributed by atoms with Gasteiger partial charge in [-0.2, -0.15) is 0 Å². The van der Waals surface area contributed by atoms with Crippen LogP contribution < -0.4 is 4.74 Å². The highest BCUT2D eigenvalue weighted by molar-refractivity contribution is 9.10. The van der Waals surface area contributed by atoms with Gasteiger partial charge >= 0.3 is 0 Å². The average Bonchev–Trinajstić information content (AvgIpc) is 2.13. The Hall–Kier alpha value is -0.740. The van der Waals surface area contributed by atoms with Gasteiger partial charge in [0.05, 0.1) is 17.7 Å². The van der Waals surface area contributed by atoms with Crippen LogP contribution in [0.1, 0.15) is 12.5 Å². The van der Waals surface area contributed by atoms with Crippen LogP contribution in [0.15, 0.2) is 16.6 Å². The Balaban J connectivity index is 3.09. The minimum atomic E-state index is -0.0705. The topological polar surface area (TPSA) is 49.7 Å². The van der Waals surface area contributed by atoms with Crippen LogP contribution in [-0.2, 0) is 6.61 Å². The van der Waals surface area contributed by atoms with Crippen LogP contribution in [-0.4, -0.2) is 16.8 Å². The normalized spacial score (nSPS) is 10.1. The van der Waals surface area contributed by atoms with Crippen LogP contribution in [0, 0.1) is 0 Å². The zero-order valence-electron chi connectivity index (χ0n) is 7.25. The minimum absolute atomic E-state index is 0.0686. The Labute approximate surface area is 85.1 Å². The predicted molar refractivity (Wildman–Crippen MR) is 52.9 cm³/mol. The van der Waals surface area contributed by atoms with E-state index in [0.29, 0.717) is 22.4 Å². The van der Waals surface area contributed by atoms with Crippen LogP contribution in [0.2, 0.25) is 0 Å². The molecule has 0 saturated carbocycles. The molecular formula is C9H11BrO3. The van der Waals surface area contributed by atoms with Crippen LogP contribution in [0.4, 0.5) is 0 Å². The van der Waals surface area contributed by atoms with Crippen molar-refractivity contribution in [1.29, 1.82) is 0 Å². The number of hydrogen-bond acceptors (Lipinski definition) is 3. The molecule has 13 heavy (non-hydrogen) atoms. The van der Waals surface area contributed by atoms with Gasteiger partial charge in [0.25, 0.3) is 0 Å². The second-order valence-corrected chi connectivity index (χ2v) is 3.37. The third-order valence-corrected chi connectivity index (χ3v) is 2.18. The quantitative estimate of drug-likeness (QED) is 0.859. The lowest BCUT2D eigenvalue weighted by molar-refractivity contribution is 0.278. The van der Waals surface area contributed by atoms with Gasteiger partial charge in [0, 0.05) is 0 Å². The van der Waals surface area contributed by atoms with Crippen molar-refractivity contribution in [3.05, 3.63) is 22.2 Å². The van der Waals surface area contributed by atoms with Gasteiger partial charge in [0.2, 0.25) is 0 Å². The van der Waals surface area contributed by atoms with Crippen molar-refractivity contribution < 1.29 is 14.9 Å². The maximum absolute atomic E-state index is 9.50. The average molecular weight is 247 g/mol. The summed E-state index contributed by atoms with van der Waals surface area (Å²) >= 11 is 3.17. The molecule has 0 atom stereocenters. The molecule has 0 aliphatic heterocycles. The molecule has 0 fully saturated rings. The number of ether oxygens (including phenoxy) is 1. The number of hydrogen-bond donors (Lipinski definition) is 2. The predicted octanol–water partition coefficient (Wildman–Crippen LogP) is 2.05. The van der Waals surface area contributed by atoms with Crippen molar-refractivity contribution >= 4 is 15.9 Å². The molecular weight excluding hydrogens is 236 g/mol. The standard InChI is InChI=1S/C9H11BrO3/c1-2-13-8-4-6(5-11)3-7(10)9(8)12/h3-4,11-12H,2,5H2,1H3. The van der Waals surface area contributed by atoms with E-state index >= 15 is 0 Å². The molecule has 0 radical (unpaired) electrons. The van der Waals surface area contributed by atoms with Gasteiger partial charge in [-0.25, -0.2) is 0 Å². The zero-order valence-corrected chi connectivity index (χ0v) is 8.84. The Morgan fingerprint density at radius 2 is 2.15 bits per heavy atom. The third-order valence-electron chi connectivity index (χ3n) is 1.57. The summed E-state index contributed by atoms with van der Waals surface area (Å²) in [6.07, 6.45) is 0. The summed E-state index contributed by atoms with van der Waals surface area (Å²) in [4.78, 5) is 0. The van der Waals surface area contributed by atoms with Gasteiger partial charge in [-0.05, 0) is 40.5 Å². The minimum Gasteiger partial charge on any atom is -0.503 e. The fourth-order valence-corrected chi connectivity index (χ4v) is 1.47. The largest absolute Gasteiger partial charge is 0.503 e. The van der Waals surface area contributed by atoms with E-state index in [2.05, 4.69) is 15.9 Å². The molecule has 1 aromatic rings. The first-order valence-corrected chi connectivity index (χ1v) is 4.73. The Bertz CT molecular complexity index is 299. The first-order valence-electron chi connectivity index (χ1n) is 3.94. The molecule has 0 aliphatic carbocycles. The molecule has 0 amide bonds. The van der Waals surface area contributed by atoms with Crippen LogP contribution in [0.3, 0.4) is 0 Å². The number of rotatable bonds is 3. The van der Waals surface area contributed by atoms with Crippen molar-refractivity contribution in [3.63, 3.8) is 0 Å². The molecule has 4 heteroatoms. The number of benzene rings is 1. The van der Waals surface area contributed by atoms with E-state index in [-0.39, 0.29) is 12.4 Å². The molecule has 1 rings (SSSR count). The second-order valence-electron chi connectivity index (χ2n) is 2.52. The summed E-state index contributed by atoms with van der Waals surface area (Å²) < 4.78 is 5.70. The maximum Gasteiger partial charge on any atom is 0.172 e. The summed E-state index contributed by atoms with van der Waals surface area (Å²) in [6.45, 7) is 2.24. The fourth-order valence-electron chi connectivity index (χ4n) is 0.984. The molecule has 0 unspecified atom stereocenters. The van der Waals surface area contributed by atoms with Crippen molar-refractivity contribution in [3.8, 4) is 11.5 Å². The Kier molecular flexibility index (Phi) is 3.57. The van der Waals surface area contributed by atoms with Crippen molar-refractivity contribution in [2.75, 3.05) is 6.61 Å². The van der Waals surface area contributed by atoms with E-state index in [9.17, 15) is 5.11 Å². The molecule has 0 saturated heterocycles. The van der Waals surface area contributed by atoms with Crippen molar-refractivity contribution in [2.24, 2.45) is 0 Å². The van der Waals surface area contributed by atoms with Gasteiger partial charge in [0.15, 0.2) is 11.5 Å². The van der Waals surface area contributed by atoms with Crippen LogP contribution >= 0.6 is 15.9 Å². The molecule has 0 spiro atoms. The second kappa shape index (κ2) is 4.48. The summed E-state index contributed by atoms with van der Waals surface area (Å²) in [5, 5.41) is 18.4. The number of phenolic OH excluding ortho intramolecular Hbond substituents is 1. The molecule has 1 aromatic carbocycles. The number of phenols is 1. The van der Waals surface area contributed by atoms with Crippen LogP contribution in [0.25, 0.3) is 0 Å². The summed E-state index contributed by atoms with van der Waals surface area (Å²) in [5.41, 5.74) is 0.702. The van der Waals surface area contributed by atoms with Gasteiger partial charge < -0.3 is 14.9 Å². The summed E-state index contributed by atoms with van der Waals surface area (Å²) in [7, 11) is 0. The highest BCUT2D eigenvalue weighted by Gasteiger charge is 2.08. The number of aliphatic hydroxyl groups excluding tert-OH is 1. The fraction of sp³-hybridized carbons (Fsp3) is 0.333. The molecule has 3 nitrogen and oxygen atoms in total. The summed E-state index contributed by atoms with van der Waals surface area (Å²) in [6, 6.07) is 3.27. The van der Waals surface area contributed by atoms with Crippen LogP contribution in [0.5, 0.6) is 11.5 Å². The van der Waals surface area contributed by atoms with E-state index < -0.39 is 0 Å². The Morgan fingerprint density at radius 1 is 1.46 bits per heavy atom. The Morgan fingerprint density at radius 3 is 2.69 bits per heavy atom. The zero-order chi connectivity index (χ0) is 9.84. The molecule has 0 aromatic heterocycles. The lowest BCUT2D eigenvalue weighted by Gasteiger charge is -2.08. The first-order chi connectivity index (χ1) is 6.19. The number of halogens is 1. The van der Waals surface area contributed by atoms with Crippen molar-refractivity contribution in [1.82, 2.24) is 0 Å². The highest BCUT2D eigenvalue weighted by atomic mass is 79.9. The van der Waals surface area contributed by atoms with Gasteiger partial charge in [-0.3, -0.25) is 0 Å².